The zero-order valence-electron chi connectivity index (χ0n) is 15.6. The Labute approximate surface area is 160 Å². The first kappa shape index (κ1) is 18.4. The fraction of sp³-hybridized carbons (Fsp3) is 0.261. The van der Waals surface area contributed by atoms with Gasteiger partial charge in [0.25, 0.3) is 0 Å². The van der Waals surface area contributed by atoms with Crippen LogP contribution in [0.2, 0.25) is 0 Å². The van der Waals surface area contributed by atoms with Crippen molar-refractivity contribution in [3.8, 4) is 17.0 Å². The Hall–Kier alpha value is -2.39. The van der Waals surface area contributed by atoms with Crippen LogP contribution in [-0.2, 0) is 0 Å². The predicted molar refractivity (Wildman–Crippen MR) is 113 cm³/mol. The van der Waals surface area contributed by atoms with Gasteiger partial charge in [0.15, 0.2) is 0 Å². The molecule has 0 aliphatic carbocycles. The molecule has 134 valence electrons. The standard InChI is InChI=1S/C23H25NOS/c1-17(2)14-15-25-21-11-6-19(7-12-21)8-13-23-24-22(16-26-23)20-9-4-18(3)5-10-20/h4-13,16-17H,14-15H2,1-3H3/b13-8+. The summed E-state index contributed by atoms with van der Waals surface area (Å²) in [6.45, 7) is 7.29. The van der Waals surface area contributed by atoms with Crippen LogP contribution in [0.4, 0.5) is 0 Å². The highest BCUT2D eigenvalue weighted by atomic mass is 32.1. The Bertz CT molecular complexity index is 845. The van der Waals surface area contributed by atoms with E-state index in [0.717, 1.165) is 40.6 Å². The Morgan fingerprint density at radius 3 is 2.42 bits per heavy atom. The van der Waals surface area contributed by atoms with E-state index >= 15 is 0 Å². The number of hydrogen-bond acceptors (Lipinski definition) is 3. The van der Waals surface area contributed by atoms with Crippen molar-refractivity contribution in [1.29, 1.82) is 0 Å². The molecule has 0 saturated carbocycles. The Morgan fingerprint density at radius 1 is 1.00 bits per heavy atom. The van der Waals surface area contributed by atoms with Crippen LogP contribution in [0, 0.1) is 12.8 Å². The van der Waals surface area contributed by atoms with Gasteiger partial charge in [-0.2, -0.15) is 0 Å². The van der Waals surface area contributed by atoms with E-state index in [4.69, 9.17) is 9.72 Å². The van der Waals surface area contributed by atoms with Gasteiger partial charge in [0, 0.05) is 10.9 Å². The first-order chi connectivity index (χ1) is 12.6. The molecule has 26 heavy (non-hydrogen) atoms. The highest BCUT2D eigenvalue weighted by Crippen LogP contribution is 2.23. The lowest BCUT2D eigenvalue weighted by atomic mass is 10.1. The maximum absolute atomic E-state index is 5.76. The molecule has 3 heteroatoms. The van der Waals surface area contributed by atoms with E-state index < -0.39 is 0 Å². The summed E-state index contributed by atoms with van der Waals surface area (Å²) in [5, 5.41) is 3.12. The van der Waals surface area contributed by atoms with Crippen molar-refractivity contribution in [2.24, 2.45) is 5.92 Å². The maximum Gasteiger partial charge on any atom is 0.119 e. The molecule has 0 saturated heterocycles. The van der Waals surface area contributed by atoms with Crippen molar-refractivity contribution < 1.29 is 4.74 Å². The summed E-state index contributed by atoms with van der Waals surface area (Å²) < 4.78 is 5.76. The SMILES string of the molecule is Cc1ccc(-c2csc(/C=C/c3ccc(OCCC(C)C)cc3)n2)cc1. The number of ether oxygens (including phenoxy) is 1. The summed E-state index contributed by atoms with van der Waals surface area (Å²) in [6.07, 6.45) is 5.24. The average Bonchev–Trinajstić information content (AvgIpc) is 3.10. The summed E-state index contributed by atoms with van der Waals surface area (Å²) in [4.78, 5) is 4.71. The lowest BCUT2D eigenvalue weighted by Crippen LogP contribution is -2.01. The van der Waals surface area contributed by atoms with E-state index in [2.05, 4.69) is 74.7 Å². The van der Waals surface area contributed by atoms with Crippen molar-refractivity contribution in [3.63, 3.8) is 0 Å². The van der Waals surface area contributed by atoms with Gasteiger partial charge in [-0.1, -0.05) is 61.9 Å². The summed E-state index contributed by atoms with van der Waals surface area (Å²) in [7, 11) is 0. The fourth-order valence-electron chi connectivity index (χ4n) is 2.48. The largest absolute Gasteiger partial charge is 0.494 e. The molecule has 0 aliphatic heterocycles. The van der Waals surface area contributed by atoms with E-state index in [1.54, 1.807) is 11.3 Å². The second-order valence-electron chi connectivity index (χ2n) is 6.87. The van der Waals surface area contributed by atoms with Crippen LogP contribution in [0.25, 0.3) is 23.4 Å². The molecule has 1 heterocycles. The number of aromatic nitrogens is 1. The molecule has 3 aromatic rings. The van der Waals surface area contributed by atoms with Crippen LogP contribution >= 0.6 is 11.3 Å². The van der Waals surface area contributed by atoms with Crippen molar-refractivity contribution >= 4 is 23.5 Å². The van der Waals surface area contributed by atoms with Crippen molar-refractivity contribution in [3.05, 3.63) is 70.0 Å². The van der Waals surface area contributed by atoms with Crippen LogP contribution in [0.15, 0.2) is 53.9 Å². The minimum absolute atomic E-state index is 0.667. The summed E-state index contributed by atoms with van der Waals surface area (Å²) in [5.74, 6) is 1.60. The molecule has 0 spiro atoms. The van der Waals surface area contributed by atoms with Crippen LogP contribution in [-0.4, -0.2) is 11.6 Å². The van der Waals surface area contributed by atoms with Gasteiger partial charge in [0.2, 0.25) is 0 Å². The Balaban J connectivity index is 1.60. The Morgan fingerprint density at radius 2 is 1.73 bits per heavy atom. The number of rotatable bonds is 7. The zero-order chi connectivity index (χ0) is 18.4. The third kappa shape index (κ3) is 5.30. The van der Waals surface area contributed by atoms with Crippen molar-refractivity contribution in [1.82, 2.24) is 4.98 Å². The fourth-order valence-corrected chi connectivity index (χ4v) is 3.20. The van der Waals surface area contributed by atoms with Crippen molar-refractivity contribution in [2.45, 2.75) is 27.2 Å². The second kappa shape index (κ2) is 8.81. The van der Waals surface area contributed by atoms with Crippen LogP contribution in [0.1, 0.15) is 36.4 Å². The number of nitrogens with zero attached hydrogens (tertiary/aromatic N) is 1. The third-order valence-corrected chi connectivity index (χ3v) is 4.94. The predicted octanol–water partition coefficient (Wildman–Crippen LogP) is 6.71. The number of benzene rings is 2. The maximum atomic E-state index is 5.76. The smallest absolute Gasteiger partial charge is 0.119 e. The molecular weight excluding hydrogens is 338 g/mol. The summed E-state index contributed by atoms with van der Waals surface area (Å²) >= 11 is 1.66. The molecule has 2 nitrogen and oxygen atoms in total. The average molecular weight is 364 g/mol. The molecule has 0 radical (unpaired) electrons. The molecule has 0 atom stereocenters. The normalized spacial score (nSPS) is 11.4. The molecular formula is C23H25NOS. The van der Waals surface area contributed by atoms with Gasteiger partial charge in [-0.3, -0.25) is 0 Å². The van der Waals surface area contributed by atoms with Gasteiger partial charge >= 0.3 is 0 Å². The third-order valence-electron chi connectivity index (χ3n) is 4.13. The molecule has 0 bridgehead atoms. The lowest BCUT2D eigenvalue weighted by molar-refractivity contribution is 0.289. The quantitative estimate of drug-likeness (QED) is 0.465. The van der Waals surface area contributed by atoms with Crippen LogP contribution in [0.5, 0.6) is 5.75 Å². The van der Waals surface area contributed by atoms with Crippen LogP contribution < -0.4 is 4.74 Å². The second-order valence-corrected chi connectivity index (χ2v) is 7.76. The van der Waals surface area contributed by atoms with Gasteiger partial charge < -0.3 is 4.74 Å². The molecule has 0 N–H and O–H groups in total. The van der Waals surface area contributed by atoms with Gasteiger partial charge in [-0.25, -0.2) is 4.98 Å². The minimum Gasteiger partial charge on any atom is -0.494 e. The molecule has 0 amide bonds. The first-order valence-corrected chi connectivity index (χ1v) is 9.91. The summed E-state index contributed by atoms with van der Waals surface area (Å²) in [6, 6.07) is 16.7. The summed E-state index contributed by atoms with van der Waals surface area (Å²) in [5.41, 5.74) is 4.60. The topological polar surface area (TPSA) is 22.1 Å². The molecule has 2 aromatic carbocycles. The van der Waals surface area contributed by atoms with Gasteiger partial charge in [0.1, 0.15) is 10.8 Å². The van der Waals surface area contributed by atoms with Gasteiger partial charge in [0.05, 0.1) is 12.3 Å². The highest BCUT2D eigenvalue weighted by Gasteiger charge is 2.02. The highest BCUT2D eigenvalue weighted by molar-refractivity contribution is 7.10. The molecule has 1 aromatic heterocycles. The van der Waals surface area contributed by atoms with Crippen molar-refractivity contribution in [2.75, 3.05) is 6.61 Å². The molecule has 0 aliphatic rings. The minimum atomic E-state index is 0.667. The molecule has 3 rings (SSSR count). The first-order valence-electron chi connectivity index (χ1n) is 9.03. The van der Waals surface area contributed by atoms with E-state index in [-0.39, 0.29) is 0 Å². The van der Waals surface area contributed by atoms with Crippen LogP contribution in [0.3, 0.4) is 0 Å². The number of hydrogen-bond donors (Lipinski definition) is 0. The van der Waals surface area contributed by atoms with Gasteiger partial charge in [-0.05, 0) is 43.0 Å². The zero-order valence-corrected chi connectivity index (χ0v) is 16.4. The number of thiazole rings is 1. The Kier molecular flexibility index (Phi) is 6.24. The van der Waals surface area contributed by atoms with Gasteiger partial charge in [-0.15, -0.1) is 11.3 Å². The van der Waals surface area contributed by atoms with E-state index in [1.807, 2.05) is 12.1 Å². The molecule has 0 fully saturated rings. The van der Waals surface area contributed by atoms with E-state index in [1.165, 1.54) is 5.56 Å². The molecule has 0 unspecified atom stereocenters. The van der Waals surface area contributed by atoms with E-state index in [9.17, 15) is 0 Å². The van der Waals surface area contributed by atoms with E-state index in [0.29, 0.717) is 5.92 Å². The lowest BCUT2D eigenvalue weighted by Gasteiger charge is -2.07. The monoisotopic (exact) mass is 363 g/mol. The number of aryl methyl sites for hydroxylation is 1.